The number of rotatable bonds is 5. The molecule has 0 aromatic carbocycles. The van der Waals surface area contributed by atoms with Crippen molar-refractivity contribution in [1.82, 2.24) is 15.3 Å². The Kier molecular flexibility index (Phi) is 3.34. The highest BCUT2D eigenvalue weighted by atomic mass is 15.1. The van der Waals surface area contributed by atoms with Crippen molar-refractivity contribution in [1.29, 1.82) is 0 Å². The summed E-state index contributed by atoms with van der Waals surface area (Å²) in [5, 5.41) is 9.79. The molecule has 0 spiro atoms. The molecule has 2 rings (SSSR count). The van der Waals surface area contributed by atoms with E-state index in [4.69, 9.17) is 0 Å². The molecule has 1 aliphatic rings. The SMILES string of the molecule is CCCNc1cc(NC2CNC2)ncn1. The van der Waals surface area contributed by atoms with Gasteiger partial charge in [0, 0.05) is 25.7 Å². The molecule has 2 heterocycles. The van der Waals surface area contributed by atoms with Gasteiger partial charge >= 0.3 is 0 Å². The highest BCUT2D eigenvalue weighted by molar-refractivity contribution is 5.47. The Morgan fingerprint density at radius 3 is 2.87 bits per heavy atom. The van der Waals surface area contributed by atoms with E-state index in [1.165, 1.54) is 0 Å². The van der Waals surface area contributed by atoms with E-state index in [1.807, 2.05) is 6.07 Å². The van der Waals surface area contributed by atoms with Crippen LogP contribution in [-0.4, -0.2) is 35.6 Å². The fraction of sp³-hybridized carbons (Fsp3) is 0.600. The average Bonchev–Trinajstić information content (AvgIpc) is 2.21. The van der Waals surface area contributed by atoms with E-state index in [2.05, 4.69) is 32.8 Å². The van der Waals surface area contributed by atoms with Crippen LogP contribution in [0.5, 0.6) is 0 Å². The first-order valence-corrected chi connectivity index (χ1v) is 5.41. The van der Waals surface area contributed by atoms with Gasteiger partial charge in [-0.25, -0.2) is 9.97 Å². The van der Waals surface area contributed by atoms with Crippen LogP contribution in [0.3, 0.4) is 0 Å². The first kappa shape index (κ1) is 10.2. The van der Waals surface area contributed by atoms with Gasteiger partial charge in [0.15, 0.2) is 0 Å². The van der Waals surface area contributed by atoms with Crippen molar-refractivity contribution >= 4 is 11.6 Å². The highest BCUT2D eigenvalue weighted by Gasteiger charge is 2.16. The van der Waals surface area contributed by atoms with Gasteiger partial charge in [0.25, 0.3) is 0 Å². The second-order valence-electron chi connectivity index (χ2n) is 3.71. The summed E-state index contributed by atoms with van der Waals surface area (Å²) in [5.41, 5.74) is 0. The minimum Gasteiger partial charge on any atom is -0.370 e. The molecule has 0 saturated carbocycles. The van der Waals surface area contributed by atoms with Crippen LogP contribution < -0.4 is 16.0 Å². The molecule has 0 amide bonds. The fourth-order valence-electron chi connectivity index (χ4n) is 1.39. The molecule has 3 N–H and O–H groups in total. The summed E-state index contributed by atoms with van der Waals surface area (Å²) >= 11 is 0. The zero-order chi connectivity index (χ0) is 10.5. The molecule has 0 aliphatic carbocycles. The van der Waals surface area contributed by atoms with E-state index in [-0.39, 0.29) is 0 Å². The van der Waals surface area contributed by atoms with Gasteiger partial charge < -0.3 is 16.0 Å². The molecule has 1 fully saturated rings. The lowest BCUT2D eigenvalue weighted by Gasteiger charge is -2.28. The van der Waals surface area contributed by atoms with Crippen LogP contribution >= 0.6 is 0 Å². The predicted octanol–water partition coefficient (Wildman–Crippen LogP) is 0.682. The van der Waals surface area contributed by atoms with Gasteiger partial charge in [0.05, 0.1) is 6.04 Å². The first-order valence-electron chi connectivity index (χ1n) is 5.41. The van der Waals surface area contributed by atoms with Crippen LogP contribution in [0.25, 0.3) is 0 Å². The van der Waals surface area contributed by atoms with Gasteiger partial charge in [-0.1, -0.05) is 6.92 Å². The molecule has 1 aromatic rings. The summed E-state index contributed by atoms with van der Waals surface area (Å²) in [4.78, 5) is 8.33. The van der Waals surface area contributed by atoms with E-state index in [9.17, 15) is 0 Å². The normalized spacial score (nSPS) is 15.8. The maximum Gasteiger partial charge on any atom is 0.131 e. The van der Waals surface area contributed by atoms with Gasteiger partial charge in [-0.05, 0) is 6.42 Å². The summed E-state index contributed by atoms with van der Waals surface area (Å²) < 4.78 is 0. The lowest BCUT2D eigenvalue weighted by molar-refractivity contribution is 0.471. The van der Waals surface area contributed by atoms with Gasteiger partial charge in [0.1, 0.15) is 18.0 Å². The molecule has 0 bridgehead atoms. The standard InChI is InChI=1S/C10H17N5/c1-2-3-12-9-4-10(14-7-13-9)15-8-5-11-6-8/h4,7-8,11H,2-3,5-6H2,1H3,(H2,12,13,14,15). The Labute approximate surface area is 89.7 Å². The lowest BCUT2D eigenvalue weighted by atomic mass is 10.2. The third kappa shape index (κ3) is 2.79. The number of aromatic nitrogens is 2. The molecule has 15 heavy (non-hydrogen) atoms. The number of anilines is 2. The highest BCUT2D eigenvalue weighted by Crippen LogP contribution is 2.10. The minimum atomic E-state index is 0.513. The summed E-state index contributed by atoms with van der Waals surface area (Å²) in [7, 11) is 0. The van der Waals surface area contributed by atoms with Crippen LogP contribution in [0.2, 0.25) is 0 Å². The Morgan fingerprint density at radius 2 is 2.20 bits per heavy atom. The van der Waals surface area contributed by atoms with Gasteiger partial charge in [-0.2, -0.15) is 0 Å². The van der Waals surface area contributed by atoms with Crippen LogP contribution in [0.1, 0.15) is 13.3 Å². The molecule has 1 aromatic heterocycles. The van der Waals surface area contributed by atoms with E-state index in [0.29, 0.717) is 6.04 Å². The van der Waals surface area contributed by atoms with Gasteiger partial charge in [-0.15, -0.1) is 0 Å². The molecule has 0 radical (unpaired) electrons. The van der Waals surface area contributed by atoms with Crippen LogP contribution in [0, 0.1) is 0 Å². The van der Waals surface area contributed by atoms with E-state index < -0.39 is 0 Å². The number of hydrogen-bond acceptors (Lipinski definition) is 5. The maximum atomic E-state index is 4.18. The topological polar surface area (TPSA) is 61.9 Å². The van der Waals surface area contributed by atoms with Crippen molar-refractivity contribution in [2.24, 2.45) is 0 Å². The second kappa shape index (κ2) is 4.93. The molecule has 0 atom stereocenters. The van der Waals surface area contributed by atoms with Crippen molar-refractivity contribution in [2.45, 2.75) is 19.4 Å². The third-order valence-corrected chi connectivity index (χ3v) is 2.36. The number of nitrogens with zero attached hydrogens (tertiary/aromatic N) is 2. The van der Waals surface area contributed by atoms with Gasteiger partial charge in [0.2, 0.25) is 0 Å². The smallest absolute Gasteiger partial charge is 0.131 e. The zero-order valence-corrected chi connectivity index (χ0v) is 8.95. The van der Waals surface area contributed by atoms with Crippen molar-refractivity contribution < 1.29 is 0 Å². The molecule has 0 unspecified atom stereocenters. The van der Waals surface area contributed by atoms with Crippen LogP contribution in [-0.2, 0) is 0 Å². The molecule has 82 valence electrons. The predicted molar refractivity (Wildman–Crippen MR) is 61.1 cm³/mol. The largest absolute Gasteiger partial charge is 0.370 e. The third-order valence-electron chi connectivity index (χ3n) is 2.36. The maximum absolute atomic E-state index is 4.18. The quantitative estimate of drug-likeness (QED) is 0.663. The molecule has 5 heteroatoms. The van der Waals surface area contributed by atoms with E-state index in [0.717, 1.165) is 37.7 Å². The van der Waals surface area contributed by atoms with Crippen LogP contribution in [0.15, 0.2) is 12.4 Å². The number of hydrogen-bond donors (Lipinski definition) is 3. The molecular weight excluding hydrogens is 190 g/mol. The lowest BCUT2D eigenvalue weighted by Crippen LogP contribution is -2.51. The molecule has 5 nitrogen and oxygen atoms in total. The van der Waals surface area contributed by atoms with Crippen molar-refractivity contribution in [3.63, 3.8) is 0 Å². The fourth-order valence-corrected chi connectivity index (χ4v) is 1.39. The Balaban J connectivity index is 1.92. The second-order valence-corrected chi connectivity index (χ2v) is 3.71. The molecule has 1 aliphatic heterocycles. The van der Waals surface area contributed by atoms with Crippen LogP contribution in [0.4, 0.5) is 11.6 Å². The first-order chi connectivity index (χ1) is 7.38. The van der Waals surface area contributed by atoms with Crippen molar-refractivity contribution in [2.75, 3.05) is 30.3 Å². The monoisotopic (exact) mass is 207 g/mol. The van der Waals surface area contributed by atoms with Crippen molar-refractivity contribution in [3.05, 3.63) is 12.4 Å². The van der Waals surface area contributed by atoms with Gasteiger partial charge in [-0.3, -0.25) is 0 Å². The average molecular weight is 207 g/mol. The Morgan fingerprint density at radius 1 is 1.40 bits per heavy atom. The Hall–Kier alpha value is -1.36. The summed E-state index contributed by atoms with van der Waals surface area (Å²) in [6.45, 7) is 5.11. The Bertz CT molecular complexity index is 310. The summed E-state index contributed by atoms with van der Waals surface area (Å²) in [6, 6.07) is 2.47. The molecular formula is C10H17N5. The van der Waals surface area contributed by atoms with E-state index >= 15 is 0 Å². The molecule has 1 saturated heterocycles. The minimum absolute atomic E-state index is 0.513. The van der Waals surface area contributed by atoms with Crippen molar-refractivity contribution in [3.8, 4) is 0 Å². The summed E-state index contributed by atoms with van der Waals surface area (Å²) in [5.74, 6) is 1.79. The number of nitrogens with one attached hydrogen (secondary N) is 3. The zero-order valence-electron chi connectivity index (χ0n) is 8.95. The van der Waals surface area contributed by atoms with E-state index in [1.54, 1.807) is 6.33 Å². The summed E-state index contributed by atoms with van der Waals surface area (Å²) in [6.07, 6.45) is 2.69.